The molecule has 0 bridgehead atoms. The van der Waals surface area contributed by atoms with Gasteiger partial charge in [-0.25, -0.2) is 0 Å². The number of rotatable bonds is 26. The number of hydrogen-bond donors (Lipinski definition) is 0. The van der Waals surface area contributed by atoms with Gasteiger partial charge in [0.1, 0.15) is 0 Å². The quantitative estimate of drug-likeness (QED) is 0.0240. The first kappa shape index (κ1) is 50.7. The highest BCUT2D eigenvalue weighted by molar-refractivity contribution is 6.41. The van der Waals surface area contributed by atoms with Crippen LogP contribution in [0.2, 0.25) is 0 Å². The Morgan fingerprint density at radius 1 is 0.359 bits per heavy atom. The lowest BCUT2D eigenvalue weighted by molar-refractivity contribution is 0.0571. The molecule has 0 fully saturated rings. The molecule has 348 valence electrons. The number of fused-ring (bicyclic) bond motifs is 2. The fourth-order valence-electron chi connectivity index (χ4n) is 10.3. The third kappa shape index (κ3) is 11.5. The van der Waals surface area contributed by atoms with Crippen molar-refractivity contribution in [2.24, 2.45) is 5.92 Å². The van der Waals surface area contributed by atoms with E-state index in [2.05, 4.69) is 34.6 Å². The molecule has 2 aliphatic heterocycles. The summed E-state index contributed by atoms with van der Waals surface area (Å²) < 4.78 is 0. The van der Waals surface area contributed by atoms with Crippen molar-refractivity contribution in [2.45, 2.75) is 203 Å². The Morgan fingerprint density at radius 3 is 0.984 bits per heavy atom. The number of hydrogen-bond acceptors (Lipinski definition) is 4. The molecule has 0 radical (unpaired) electrons. The Bertz CT molecular complexity index is 2170. The predicted octanol–water partition coefficient (Wildman–Crippen LogP) is 17.0. The van der Waals surface area contributed by atoms with Crippen molar-refractivity contribution in [1.29, 1.82) is 0 Å². The molecule has 5 aromatic rings. The summed E-state index contributed by atoms with van der Waals surface area (Å²) >= 11 is 0. The van der Waals surface area contributed by atoms with Crippen LogP contribution in [0.4, 0.5) is 0 Å². The molecule has 7 rings (SSSR count). The molecular formula is C58H82N2O4. The van der Waals surface area contributed by atoms with Gasteiger partial charge in [0.25, 0.3) is 23.6 Å². The molecule has 4 amide bonds. The van der Waals surface area contributed by atoms with Crippen molar-refractivity contribution in [3.8, 4) is 0 Å². The highest BCUT2D eigenvalue weighted by Gasteiger charge is 2.37. The zero-order valence-corrected chi connectivity index (χ0v) is 41.1. The van der Waals surface area contributed by atoms with Crippen molar-refractivity contribution in [3.63, 3.8) is 0 Å². The minimum atomic E-state index is -0.217. The average molecular weight is 871 g/mol. The number of carbonyl (C=O) groups is 4. The van der Waals surface area contributed by atoms with E-state index in [1.165, 1.54) is 114 Å². The topological polar surface area (TPSA) is 74.8 Å². The van der Waals surface area contributed by atoms with Gasteiger partial charge < -0.3 is 0 Å². The molecule has 6 heteroatoms. The molecule has 64 heavy (non-hydrogen) atoms. The lowest BCUT2D eigenvalue weighted by Crippen LogP contribution is -2.43. The molecule has 5 aromatic carbocycles. The van der Waals surface area contributed by atoms with Crippen LogP contribution in [0.15, 0.2) is 48.5 Å². The molecule has 2 aliphatic rings. The lowest BCUT2D eigenvalue weighted by Gasteiger charge is -2.32. The van der Waals surface area contributed by atoms with Gasteiger partial charge in [-0.05, 0) is 81.8 Å². The summed E-state index contributed by atoms with van der Waals surface area (Å²) in [5, 5.41) is 7.00. The lowest BCUT2D eigenvalue weighted by atomic mass is 9.82. The van der Waals surface area contributed by atoms with Gasteiger partial charge >= 0.3 is 0 Å². The molecule has 0 saturated carbocycles. The molecule has 0 aliphatic carbocycles. The Hall–Kier alpha value is -4.32. The Balaban J connectivity index is 0.00000148. The second kappa shape index (κ2) is 26.0. The normalized spacial score (nSPS) is 13.9. The van der Waals surface area contributed by atoms with Crippen LogP contribution >= 0.6 is 0 Å². The summed E-state index contributed by atoms with van der Waals surface area (Å²) in [5.74, 6) is -0.528. The van der Waals surface area contributed by atoms with E-state index >= 15 is 0 Å². The molecule has 6 nitrogen and oxygen atoms in total. The first-order valence-corrected chi connectivity index (χ1v) is 26.2. The van der Waals surface area contributed by atoms with Crippen LogP contribution in [-0.2, 0) is 0 Å². The first-order chi connectivity index (χ1) is 31.3. The van der Waals surface area contributed by atoms with Gasteiger partial charge in [-0.15, -0.1) is 0 Å². The standard InChI is InChI=1S/C53H68N2O4.C3H8.C2H6/c1-4-7-10-13-15-16-17-18-19-21-24-35-54-50(56)42-31-27-38-40-29-33-44-49-45(34-30-41(47(40)49)39-28-32-43(51(54)57)48(42)46(38)39)53(59)55(52(44)58)36-37(25-22-12-9-6-3)26-23-20-14-11-8-5-2;1-3-2;1-2/h27-34,37H,4-26,35-36H2,1-3H3;3H2,1-2H3;1-2H3. The van der Waals surface area contributed by atoms with Crippen LogP contribution in [0.3, 0.4) is 0 Å². The van der Waals surface area contributed by atoms with Crippen molar-refractivity contribution >= 4 is 66.7 Å². The Kier molecular flexibility index (Phi) is 20.6. The zero-order valence-electron chi connectivity index (χ0n) is 41.1. The van der Waals surface area contributed by atoms with Crippen molar-refractivity contribution in [2.75, 3.05) is 13.1 Å². The second-order valence-corrected chi connectivity index (χ2v) is 18.6. The zero-order chi connectivity index (χ0) is 46.0. The monoisotopic (exact) mass is 871 g/mol. The maximum atomic E-state index is 14.4. The molecule has 0 aromatic heterocycles. The van der Waals surface area contributed by atoms with E-state index in [0.717, 1.165) is 88.0 Å². The van der Waals surface area contributed by atoms with Crippen LogP contribution in [0.5, 0.6) is 0 Å². The summed E-state index contributed by atoms with van der Waals surface area (Å²) in [5.41, 5.74) is 2.32. The van der Waals surface area contributed by atoms with E-state index < -0.39 is 0 Å². The van der Waals surface area contributed by atoms with Gasteiger partial charge in [0.05, 0.1) is 0 Å². The summed E-state index contributed by atoms with van der Waals surface area (Å²) in [4.78, 5) is 59.9. The van der Waals surface area contributed by atoms with Crippen LogP contribution in [0, 0.1) is 5.92 Å². The van der Waals surface area contributed by atoms with E-state index in [1.807, 2.05) is 62.4 Å². The largest absolute Gasteiger partial charge is 0.274 e. The van der Waals surface area contributed by atoms with Crippen LogP contribution in [0.1, 0.15) is 244 Å². The molecular weight excluding hydrogens is 789 g/mol. The molecule has 0 N–H and O–H groups in total. The molecule has 2 heterocycles. The minimum absolute atomic E-state index is 0.196. The number of nitrogens with zero attached hydrogens (tertiary/aromatic N) is 2. The van der Waals surface area contributed by atoms with Gasteiger partial charge in [-0.1, -0.05) is 208 Å². The number of unbranched alkanes of at least 4 members (excludes halogenated alkanes) is 18. The van der Waals surface area contributed by atoms with Crippen LogP contribution in [-0.4, -0.2) is 46.5 Å². The van der Waals surface area contributed by atoms with E-state index in [0.29, 0.717) is 41.3 Å². The molecule has 1 atom stereocenters. The minimum Gasteiger partial charge on any atom is -0.274 e. The van der Waals surface area contributed by atoms with Gasteiger partial charge in [-0.2, -0.15) is 0 Å². The second-order valence-electron chi connectivity index (χ2n) is 18.6. The van der Waals surface area contributed by atoms with Crippen molar-refractivity contribution < 1.29 is 19.2 Å². The van der Waals surface area contributed by atoms with E-state index in [4.69, 9.17) is 0 Å². The van der Waals surface area contributed by atoms with E-state index in [1.54, 1.807) is 4.90 Å². The highest BCUT2D eigenvalue weighted by atomic mass is 16.2. The number of imide groups is 2. The van der Waals surface area contributed by atoms with Gasteiger partial charge in [0.2, 0.25) is 0 Å². The number of carbonyl (C=O) groups excluding carboxylic acids is 4. The average Bonchev–Trinajstić information content (AvgIpc) is 3.31. The van der Waals surface area contributed by atoms with Crippen molar-refractivity contribution in [1.82, 2.24) is 9.80 Å². The summed E-state index contributed by atoms with van der Waals surface area (Å²) in [7, 11) is 0. The Labute approximate surface area is 386 Å². The molecule has 0 spiro atoms. The number of benzene rings is 5. The summed E-state index contributed by atoms with van der Waals surface area (Å²) in [6.45, 7) is 15.9. The van der Waals surface area contributed by atoms with Gasteiger partial charge in [0, 0.05) is 46.1 Å². The van der Waals surface area contributed by atoms with Gasteiger partial charge in [-0.3, -0.25) is 29.0 Å². The summed E-state index contributed by atoms with van der Waals surface area (Å²) in [6.07, 6.45) is 28.8. The maximum Gasteiger partial charge on any atom is 0.261 e. The molecule has 0 saturated heterocycles. The van der Waals surface area contributed by atoms with E-state index in [-0.39, 0.29) is 23.6 Å². The molecule has 1 unspecified atom stereocenters. The summed E-state index contributed by atoms with van der Waals surface area (Å²) in [6, 6.07) is 15.6. The predicted molar refractivity (Wildman–Crippen MR) is 272 cm³/mol. The fourth-order valence-corrected chi connectivity index (χ4v) is 10.3. The fraction of sp³-hybridized carbons (Fsp3) is 0.586. The van der Waals surface area contributed by atoms with Crippen LogP contribution in [0.25, 0.3) is 43.1 Å². The van der Waals surface area contributed by atoms with Crippen LogP contribution < -0.4 is 0 Å². The van der Waals surface area contributed by atoms with Crippen molar-refractivity contribution in [3.05, 3.63) is 70.8 Å². The highest BCUT2D eigenvalue weighted by Crippen LogP contribution is 2.46. The van der Waals surface area contributed by atoms with Gasteiger partial charge in [0.15, 0.2) is 0 Å². The SMILES string of the molecule is CC.CCC.CCCCCCCCCCCCCN1C(=O)c2ccc3c4ccc5c6c(ccc(c7ccc(c2c37)C1=O)c64)C(=O)N(CC(CCCCCC)CCCCCCCC)C5=O. The maximum absolute atomic E-state index is 14.4. The van der Waals surface area contributed by atoms with E-state index in [9.17, 15) is 19.2 Å². The smallest absolute Gasteiger partial charge is 0.261 e. The first-order valence-electron chi connectivity index (χ1n) is 26.2. The Morgan fingerprint density at radius 2 is 0.641 bits per heavy atom. The third-order valence-corrected chi connectivity index (χ3v) is 13.7. The third-order valence-electron chi connectivity index (χ3n) is 13.7. The number of amides is 4.